The van der Waals surface area contributed by atoms with Crippen molar-refractivity contribution >= 4 is 29.1 Å². The molecule has 0 aromatic carbocycles. The van der Waals surface area contributed by atoms with Gasteiger partial charge in [-0.1, -0.05) is 0 Å². The molecular formula is C13H23Cl2N3O. The van der Waals surface area contributed by atoms with E-state index in [9.17, 15) is 4.79 Å². The number of amides is 1. The first-order valence-electron chi connectivity index (χ1n) is 6.88. The van der Waals surface area contributed by atoms with Gasteiger partial charge >= 0.3 is 0 Å². The molecular weight excluding hydrogens is 285 g/mol. The summed E-state index contributed by atoms with van der Waals surface area (Å²) < 4.78 is -0.463. The molecule has 1 atom stereocenters. The van der Waals surface area contributed by atoms with Crippen molar-refractivity contribution in [3.8, 4) is 0 Å². The smallest absolute Gasteiger partial charge is 0.237 e. The van der Waals surface area contributed by atoms with E-state index in [0.717, 1.165) is 45.6 Å². The van der Waals surface area contributed by atoms with E-state index >= 15 is 0 Å². The maximum Gasteiger partial charge on any atom is 0.237 e. The van der Waals surface area contributed by atoms with Gasteiger partial charge in [-0.05, 0) is 39.2 Å². The second-order valence-corrected chi connectivity index (χ2v) is 7.75. The highest BCUT2D eigenvalue weighted by Crippen LogP contribution is 2.54. The molecule has 110 valence electrons. The molecule has 19 heavy (non-hydrogen) atoms. The van der Waals surface area contributed by atoms with Gasteiger partial charge in [0.1, 0.15) is 4.33 Å². The molecule has 1 amide bonds. The largest absolute Gasteiger partial charge is 0.368 e. The lowest BCUT2D eigenvalue weighted by Gasteiger charge is -2.42. The minimum atomic E-state index is -0.552. The quantitative estimate of drug-likeness (QED) is 0.782. The fourth-order valence-electron chi connectivity index (χ4n) is 2.61. The van der Waals surface area contributed by atoms with Crippen molar-refractivity contribution in [2.24, 2.45) is 11.7 Å². The Morgan fingerprint density at radius 2 is 1.84 bits per heavy atom. The van der Waals surface area contributed by atoms with Crippen LogP contribution >= 0.6 is 23.2 Å². The molecule has 2 N–H and O–H groups in total. The van der Waals surface area contributed by atoms with Crippen molar-refractivity contribution < 1.29 is 4.79 Å². The fraction of sp³-hybridized carbons (Fsp3) is 0.923. The van der Waals surface area contributed by atoms with Crippen LogP contribution in [-0.2, 0) is 4.79 Å². The Hall–Kier alpha value is -0.0300. The number of hydrogen-bond donors (Lipinski definition) is 1. The number of carbonyl (C=O) groups is 1. The minimum Gasteiger partial charge on any atom is -0.368 e. The average Bonchev–Trinajstić information content (AvgIpc) is 2.95. The lowest BCUT2D eigenvalue weighted by atomic mass is 10.0. The second-order valence-electron chi connectivity index (χ2n) is 6.20. The van der Waals surface area contributed by atoms with Crippen molar-refractivity contribution in [2.75, 3.05) is 32.7 Å². The summed E-state index contributed by atoms with van der Waals surface area (Å²) in [6.45, 7) is 8.54. The summed E-state index contributed by atoms with van der Waals surface area (Å²) >= 11 is 12.1. The first-order chi connectivity index (χ1) is 8.73. The molecule has 1 aliphatic carbocycles. The molecule has 0 aromatic heterocycles. The summed E-state index contributed by atoms with van der Waals surface area (Å²) in [7, 11) is 0. The molecule has 0 spiro atoms. The van der Waals surface area contributed by atoms with Gasteiger partial charge in [-0.15, -0.1) is 23.2 Å². The van der Waals surface area contributed by atoms with Crippen LogP contribution in [0.3, 0.4) is 0 Å². The Bertz CT molecular complexity index is 352. The molecule has 0 bridgehead atoms. The Kier molecular flexibility index (Phi) is 4.36. The summed E-state index contributed by atoms with van der Waals surface area (Å²) in [5, 5.41) is 0. The molecule has 0 unspecified atom stereocenters. The van der Waals surface area contributed by atoms with E-state index in [1.54, 1.807) is 0 Å². The van der Waals surface area contributed by atoms with Gasteiger partial charge in [-0.25, -0.2) is 0 Å². The molecule has 4 nitrogen and oxygen atoms in total. The van der Waals surface area contributed by atoms with E-state index < -0.39 is 9.87 Å². The van der Waals surface area contributed by atoms with Gasteiger partial charge in [0.05, 0.1) is 5.54 Å². The van der Waals surface area contributed by atoms with Gasteiger partial charge in [0.2, 0.25) is 5.91 Å². The third-order valence-corrected chi connectivity index (χ3v) is 5.44. The van der Waals surface area contributed by atoms with E-state index in [2.05, 4.69) is 9.80 Å². The summed E-state index contributed by atoms with van der Waals surface area (Å²) in [4.78, 5) is 16.0. The van der Waals surface area contributed by atoms with Gasteiger partial charge in [0.15, 0.2) is 0 Å². The third-order valence-electron chi connectivity index (χ3n) is 4.52. The van der Waals surface area contributed by atoms with Gasteiger partial charge in [-0.2, -0.15) is 0 Å². The molecule has 6 heteroatoms. The molecule has 2 rings (SSSR count). The van der Waals surface area contributed by atoms with E-state index in [0.29, 0.717) is 5.92 Å². The minimum absolute atomic E-state index is 0.256. The molecule has 0 aromatic rings. The number of carbonyl (C=O) groups excluding carboxylic acids is 1. The van der Waals surface area contributed by atoms with Gasteiger partial charge in [0, 0.05) is 26.2 Å². The van der Waals surface area contributed by atoms with Gasteiger partial charge in [-0.3, -0.25) is 9.69 Å². The number of alkyl halides is 2. The predicted octanol–water partition coefficient (Wildman–Crippen LogP) is 1.45. The van der Waals surface area contributed by atoms with E-state index in [-0.39, 0.29) is 5.91 Å². The van der Waals surface area contributed by atoms with Crippen molar-refractivity contribution in [3.63, 3.8) is 0 Å². The first-order valence-corrected chi connectivity index (χ1v) is 7.64. The van der Waals surface area contributed by atoms with Crippen LogP contribution in [0, 0.1) is 5.92 Å². The highest BCUT2D eigenvalue weighted by atomic mass is 35.5. The average molecular weight is 308 g/mol. The number of rotatable bonds is 5. The lowest BCUT2D eigenvalue weighted by Crippen LogP contribution is -2.59. The van der Waals surface area contributed by atoms with Gasteiger partial charge < -0.3 is 10.6 Å². The molecule has 2 fully saturated rings. The topological polar surface area (TPSA) is 49.6 Å². The second kappa shape index (κ2) is 5.40. The normalized spacial score (nSPS) is 28.3. The number of piperazine rings is 1. The molecule has 1 heterocycles. The lowest BCUT2D eigenvalue weighted by molar-refractivity contribution is -0.129. The standard InChI is InChI=1S/C13H23Cl2N3O/c1-12(2,11(16)19)18-7-5-17(6-8-18)4-3-10-9-13(10,14)15/h10H,3-9H2,1-2H3,(H2,16,19)/t10-/m1/s1. The maximum atomic E-state index is 11.4. The zero-order valence-electron chi connectivity index (χ0n) is 11.7. The van der Waals surface area contributed by atoms with Crippen molar-refractivity contribution in [1.82, 2.24) is 9.80 Å². The van der Waals surface area contributed by atoms with Crippen LogP contribution in [0.2, 0.25) is 0 Å². The summed E-state index contributed by atoms with van der Waals surface area (Å²) in [6.07, 6.45) is 1.98. The molecule has 0 radical (unpaired) electrons. The van der Waals surface area contributed by atoms with Crippen LogP contribution < -0.4 is 5.73 Å². The fourth-order valence-corrected chi connectivity index (χ4v) is 3.20. The molecule has 1 saturated carbocycles. The maximum absolute atomic E-state index is 11.4. The van der Waals surface area contributed by atoms with E-state index in [1.807, 2.05) is 13.8 Å². The van der Waals surface area contributed by atoms with Crippen LogP contribution in [0.1, 0.15) is 26.7 Å². The highest BCUT2D eigenvalue weighted by Gasteiger charge is 2.51. The van der Waals surface area contributed by atoms with E-state index in [1.165, 1.54) is 0 Å². The van der Waals surface area contributed by atoms with Gasteiger partial charge in [0.25, 0.3) is 0 Å². The molecule has 1 aliphatic heterocycles. The number of nitrogens with two attached hydrogens (primary N) is 1. The zero-order valence-corrected chi connectivity index (χ0v) is 13.2. The summed E-state index contributed by atoms with van der Waals surface area (Å²) in [5.41, 5.74) is 4.90. The third kappa shape index (κ3) is 3.54. The van der Waals surface area contributed by atoms with Crippen LogP contribution in [-0.4, -0.2) is 58.3 Å². The Morgan fingerprint density at radius 1 is 1.32 bits per heavy atom. The van der Waals surface area contributed by atoms with Crippen LogP contribution in [0.25, 0.3) is 0 Å². The molecule has 2 aliphatic rings. The van der Waals surface area contributed by atoms with Crippen molar-refractivity contribution in [1.29, 1.82) is 0 Å². The number of nitrogens with zero attached hydrogens (tertiary/aromatic N) is 2. The van der Waals surface area contributed by atoms with Crippen molar-refractivity contribution in [2.45, 2.75) is 36.6 Å². The predicted molar refractivity (Wildman–Crippen MR) is 78.4 cm³/mol. The Labute approximate surface area is 125 Å². The SMILES string of the molecule is CC(C)(C(N)=O)N1CCN(CC[C@@H]2CC2(Cl)Cl)CC1. The number of hydrogen-bond acceptors (Lipinski definition) is 3. The van der Waals surface area contributed by atoms with Crippen LogP contribution in [0.5, 0.6) is 0 Å². The monoisotopic (exact) mass is 307 g/mol. The summed E-state index contributed by atoms with van der Waals surface area (Å²) in [6, 6.07) is 0. The zero-order chi connectivity index (χ0) is 14.3. The summed E-state index contributed by atoms with van der Waals surface area (Å²) in [5.74, 6) is 0.198. The van der Waals surface area contributed by atoms with E-state index in [4.69, 9.17) is 28.9 Å². The highest BCUT2D eigenvalue weighted by molar-refractivity contribution is 6.50. The molecule has 1 saturated heterocycles. The first kappa shape index (κ1) is 15.4. The number of primary amides is 1. The van der Waals surface area contributed by atoms with Crippen LogP contribution in [0.4, 0.5) is 0 Å². The number of halogens is 2. The Morgan fingerprint density at radius 3 is 2.26 bits per heavy atom. The Balaban J connectivity index is 1.72. The van der Waals surface area contributed by atoms with Crippen molar-refractivity contribution in [3.05, 3.63) is 0 Å². The van der Waals surface area contributed by atoms with Crippen LogP contribution in [0.15, 0.2) is 0 Å².